The first-order chi connectivity index (χ1) is 9.56. The maximum absolute atomic E-state index is 9.39. The van der Waals surface area contributed by atoms with Crippen LogP contribution >= 0.6 is 0 Å². The van der Waals surface area contributed by atoms with Crippen molar-refractivity contribution in [2.24, 2.45) is 0 Å². The van der Waals surface area contributed by atoms with Crippen molar-refractivity contribution in [1.82, 2.24) is 10.2 Å². The monoisotopic (exact) mass is 279 g/mol. The third-order valence-corrected chi connectivity index (χ3v) is 4.52. The molecule has 3 atom stereocenters. The van der Waals surface area contributed by atoms with Crippen LogP contribution in [0.25, 0.3) is 0 Å². The average molecular weight is 279 g/mol. The van der Waals surface area contributed by atoms with E-state index in [1.165, 1.54) is 12.8 Å². The number of hydrogen-bond donors (Lipinski definition) is 1. The molecule has 0 aromatic rings. The quantitative estimate of drug-likeness (QED) is 0.777. The van der Waals surface area contributed by atoms with E-state index in [-0.39, 0.29) is 5.54 Å². The summed E-state index contributed by atoms with van der Waals surface area (Å²) in [7, 11) is 0. The fraction of sp³-hybridized carbons (Fsp3) is 0.938. The predicted octanol–water partition coefficient (Wildman–Crippen LogP) is 2.30. The molecule has 1 heterocycles. The molecule has 1 saturated carbocycles. The Kier molecular flexibility index (Phi) is 5.42. The van der Waals surface area contributed by atoms with Gasteiger partial charge in [-0.25, -0.2) is 0 Å². The van der Waals surface area contributed by atoms with Gasteiger partial charge in [-0.05, 0) is 52.5 Å². The normalized spacial score (nSPS) is 30.7. The Balaban J connectivity index is 1.76. The highest BCUT2D eigenvalue weighted by molar-refractivity contribution is 5.07. The third kappa shape index (κ3) is 4.44. The average Bonchev–Trinajstić information content (AvgIpc) is 3.23. The van der Waals surface area contributed by atoms with Crippen LogP contribution in [0.1, 0.15) is 52.9 Å². The summed E-state index contributed by atoms with van der Waals surface area (Å²) >= 11 is 0. The van der Waals surface area contributed by atoms with Crippen LogP contribution in [-0.4, -0.2) is 48.3 Å². The van der Waals surface area contributed by atoms with E-state index in [1.54, 1.807) is 0 Å². The zero-order valence-electron chi connectivity index (χ0n) is 13.2. The first kappa shape index (κ1) is 15.8. The van der Waals surface area contributed by atoms with Crippen molar-refractivity contribution >= 4 is 0 Å². The van der Waals surface area contributed by atoms with Gasteiger partial charge in [-0.1, -0.05) is 6.92 Å². The Labute approximate surface area is 123 Å². The van der Waals surface area contributed by atoms with Crippen molar-refractivity contribution in [2.45, 2.75) is 76.6 Å². The number of nitriles is 1. The summed E-state index contributed by atoms with van der Waals surface area (Å²) in [5.41, 5.74) is -0.346. The summed E-state index contributed by atoms with van der Waals surface area (Å²) in [5.74, 6) is 0. The molecule has 0 radical (unpaired) electrons. The van der Waals surface area contributed by atoms with Gasteiger partial charge in [0.05, 0.1) is 18.8 Å². The lowest BCUT2D eigenvalue weighted by Crippen LogP contribution is -2.49. The van der Waals surface area contributed by atoms with Gasteiger partial charge in [0.25, 0.3) is 0 Å². The van der Waals surface area contributed by atoms with Crippen LogP contribution in [0.2, 0.25) is 0 Å². The van der Waals surface area contributed by atoms with Gasteiger partial charge in [0.1, 0.15) is 5.54 Å². The summed E-state index contributed by atoms with van der Waals surface area (Å²) in [4.78, 5) is 2.54. The van der Waals surface area contributed by atoms with Crippen LogP contribution in [0.5, 0.6) is 0 Å². The van der Waals surface area contributed by atoms with Crippen molar-refractivity contribution in [2.75, 3.05) is 19.7 Å². The molecule has 4 heteroatoms. The van der Waals surface area contributed by atoms with Gasteiger partial charge in [-0.15, -0.1) is 0 Å². The Bertz CT molecular complexity index is 350. The summed E-state index contributed by atoms with van der Waals surface area (Å²) in [5, 5.41) is 12.9. The minimum absolute atomic E-state index is 0.338. The van der Waals surface area contributed by atoms with Gasteiger partial charge in [0.2, 0.25) is 0 Å². The van der Waals surface area contributed by atoms with E-state index in [1.807, 2.05) is 6.92 Å². The predicted molar refractivity (Wildman–Crippen MR) is 80.5 cm³/mol. The lowest BCUT2D eigenvalue weighted by Gasteiger charge is -2.38. The zero-order valence-corrected chi connectivity index (χ0v) is 13.2. The minimum Gasteiger partial charge on any atom is -0.376 e. The molecule has 0 spiro atoms. The van der Waals surface area contributed by atoms with E-state index in [0.717, 1.165) is 39.0 Å². The van der Waals surface area contributed by atoms with E-state index in [4.69, 9.17) is 4.74 Å². The molecule has 2 fully saturated rings. The Morgan fingerprint density at radius 3 is 2.80 bits per heavy atom. The summed E-state index contributed by atoms with van der Waals surface area (Å²) in [6, 6.07) is 3.61. The summed E-state index contributed by atoms with van der Waals surface area (Å²) < 4.78 is 5.73. The molecule has 114 valence electrons. The first-order valence-electron chi connectivity index (χ1n) is 8.11. The number of ether oxygens (including phenoxy) is 1. The third-order valence-electron chi connectivity index (χ3n) is 4.52. The van der Waals surface area contributed by atoms with Gasteiger partial charge in [-0.3, -0.25) is 10.2 Å². The van der Waals surface area contributed by atoms with Gasteiger partial charge in [0, 0.05) is 18.6 Å². The highest BCUT2D eigenvalue weighted by Gasteiger charge is 2.32. The molecule has 3 unspecified atom stereocenters. The fourth-order valence-corrected chi connectivity index (χ4v) is 3.04. The van der Waals surface area contributed by atoms with Crippen LogP contribution in [0.3, 0.4) is 0 Å². The van der Waals surface area contributed by atoms with Crippen molar-refractivity contribution in [3.05, 3.63) is 0 Å². The second-order valence-electron chi connectivity index (χ2n) is 6.67. The molecule has 1 saturated heterocycles. The van der Waals surface area contributed by atoms with E-state index in [0.29, 0.717) is 18.2 Å². The van der Waals surface area contributed by atoms with Crippen LogP contribution < -0.4 is 5.32 Å². The van der Waals surface area contributed by atoms with Crippen LogP contribution in [-0.2, 0) is 4.74 Å². The molecule has 1 aliphatic heterocycles. The topological polar surface area (TPSA) is 48.3 Å². The summed E-state index contributed by atoms with van der Waals surface area (Å²) in [6.45, 7) is 9.38. The number of morpholine rings is 1. The number of hydrogen-bond acceptors (Lipinski definition) is 4. The van der Waals surface area contributed by atoms with Crippen LogP contribution in [0.4, 0.5) is 0 Å². The second kappa shape index (κ2) is 6.89. The molecule has 1 aliphatic carbocycles. The van der Waals surface area contributed by atoms with Crippen molar-refractivity contribution < 1.29 is 4.74 Å². The fourth-order valence-electron chi connectivity index (χ4n) is 3.04. The molecule has 0 bridgehead atoms. The molecule has 2 rings (SSSR count). The molecule has 2 aliphatic rings. The van der Waals surface area contributed by atoms with E-state index >= 15 is 0 Å². The van der Waals surface area contributed by atoms with Crippen molar-refractivity contribution in [1.29, 1.82) is 5.26 Å². The number of nitrogens with one attached hydrogen (secondary N) is 1. The number of nitrogens with zero attached hydrogens (tertiary/aromatic N) is 2. The SMILES string of the molecule is CCC1COC(C)CN1CCCC(C)(C#N)NC1CC1. The molecule has 0 aromatic carbocycles. The van der Waals surface area contributed by atoms with E-state index < -0.39 is 0 Å². The summed E-state index contributed by atoms with van der Waals surface area (Å²) in [6.07, 6.45) is 5.95. The molecule has 4 nitrogen and oxygen atoms in total. The van der Waals surface area contributed by atoms with E-state index in [9.17, 15) is 5.26 Å². The van der Waals surface area contributed by atoms with Gasteiger partial charge >= 0.3 is 0 Å². The largest absolute Gasteiger partial charge is 0.376 e. The van der Waals surface area contributed by atoms with Crippen LogP contribution in [0.15, 0.2) is 0 Å². The highest BCUT2D eigenvalue weighted by Crippen LogP contribution is 2.25. The lowest BCUT2D eigenvalue weighted by molar-refractivity contribution is -0.0563. The maximum Gasteiger partial charge on any atom is 0.104 e. The molecule has 1 N–H and O–H groups in total. The van der Waals surface area contributed by atoms with Crippen molar-refractivity contribution in [3.63, 3.8) is 0 Å². The van der Waals surface area contributed by atoms with Crippen LogP contribution in [0, 0.1) is 11.3 Å². The highest BCUT2D eigenvalue weighted by atomic mass is 16.5. The molecule has 0 aromatic heterocycles. The standard InChI is InChI=1S/C16H29N3O/c1-4-15-11-20-13(2)10-19(15)9-5-8-16(3,12-17)18-14-6-7-14/h13-15,18H,4-11H2,1-3H3. The van der Waals surface area contributed by atoms with Crippen molar-refractivity contribution in [3.8, 4) is 6.07 Å². The Morgan fingerprint density at radius 1 is 1.45 bits per heavy atom. The van der Waals surface area contributed by atoms with Gasteiger partial charge in [0.15, 0.2) is 0 Å². The molecule has 20 heavy (non-hydrogen) atoms. The minimum atomic E-state index is -0.346. The first-order valence-corrected chi connectivity index (χ1v) is 8.11. The maximum atomic E-state index is 9.39. The molecule has 0 amide bonds. The van der Waals surface area contributed by atoms with E-state index in [2.05, 4.69) is 30.1 Å². The Hall–Kier alpha value is -0.630. The zero-order chi connectivity index (χ0) is 14.6. The molecular weight excluding hydrogens is 250 g/mol. The van der Waals surface area contributed by atoms with Gasteiger partial charge in [-0.2, -0.15) is 5.26 Å². The lowest BCUT2D eigenvalue weighted by atomic mass is 9.96. The van der Waals surface area contributed by atoms with Gasteiger partial charge < -0.3 is 4.74 Å². The smallest absolute Gasteiger partial charge is 0.104 e. The Morgan fingerprint density at radius 2 is 2.20 bits per heavy atom. The number of rotatable bonds is 7. The second-order valence-corrected chi connectivity index (χ2v) is 6.67. The molecular formula is C16H29N3O.